The normalized spacial score (nSPS) is 30.1. The summed E-state index contributed by atoms with van der Waals surface area (Å²) in [6, 6.07) is 0.285. The van der Waals surface area contributed by atoms with Crippen molar-refractivity contribution < 1.29 is 9.53 Å². The van der Waals surface area contributed by atoms with E-state index in [1.807, 2.05) is 0 Å². The average molecular weight is 228 g/mol. The van der Waals surface area contributed by atoms with E-state index < -0.39 is 0 Å². The Morgan fingerprint density at radius 2 is 2.25 bits per heavy atom. The predicted molar refractivity (Wildman–Crippen MR) is 64.0 cm³/mol. The molecule has 4 heteroatoms. The summed E-state index contributed by atoms with van der Waals surface area (Å²) >= 11 is 0. The molecule has 3 atom stereocenters. The Morgan fingerprint density at radius 1 is 1.50 bits per heavy atom. The minimum atomic E-state index is 0.155. The molecule has 3 unspecified atom stereocenters. The van der Waals surface area contributed by atoms with E-state index in [0.29, 0.717) is 19.1 Å². The number of hydrogen-bond donors (Lipinski definition) is 2. The van der Waals surface area contributed by atoms with Gasteiger partial charge in [0.25, 0.3) is 0 Å². The summed E-state index contributed by atoms with van der Waals surface area (Å²) in [6.45, 7) is 3.53. The van der Waals surface area contributed by atoms with E-state index in [9.17, 15) is 4.79 Å². The maximum atomic E-state index is 11.9. The number of hydrogen-bond acceptors (Lipinski definition) is 3. The van der Waals surface area contributed by atoms with Gasteiger partial charge in [-0.05, 0) is 31.6 Å². The monoisotopic (exact) mass is 228 g/mol. The number of carbonyl (C=O) groups is 1. The molecule has 16 heavy (non-hydrogen) atoms. The standard InChI is InChI=1S/C12H24N2O2/c1-9-8-10(13)4-5-11(9)12(15)14-6-3-7-16-2/h9-11H,3-8,13H2,1-2H3,(H,14,15). The van der Waals surface area contributed by atoms with E-state index in [0.717, 1.165) is 25.7 Å². The molecule has 0 aliphatic heterocycles. The van der Waals surface area contributed by atoms with Crippen molar-refractivity contribution in [1.82, 2.24) is 5.32 Å². The summed E-state index contributed by atoms with van der Waals surface area (Å²) in [7, 11) is 1.67. The van der Waals surface area contributed by atoms with Crippen LogP contribution in [0.2, 0.25) is 0 Å². The van der Waals surface area contributed by atoms with E-state index in [4.69, 9.17) is 10.5 Å². The minimum Gasteiger partial charge on any atom is -0.385 e. The van der Waals surface area contributed by atoms with Gasteiger partial charge in [-0.15, -0.1) is 0 Å². The van der Waals surface area contributed by atoms with Crippen molar-refractivity contribution in [3.8, 4) is 0 Å². The van der Waals surface area contributed by atoms with Gasteiger partial charge >= 0.3 is 0 Å². The zero-order chi connectivity index (χ0) is 12.0. The van der Waals surface area contributed by atoms with Crippen molar-refractivity contribution in [2.24, 2.45) is 17.6 Å². The Hall–Kier alpha value is -0.610. The van der Waals surface area contributed by atoms with E-state index in [1.54, 1.807) is 7.11 Å². The third kappa shape index (κ3) is 4.10. The summed E-state index contributed by atoms with van der Waals surface area (Å²) in [5, 5.41) is 2.97. The Morgan fingerprint density at radius 3 is 2.88 bits per heavy atom. The Balaban J connectivity index is 2.25. The SMILES string of the molecule is COCCCNC(=O)C1CCC(N)CC1C. The van der Waals surface area contributed by atoms with Crippen LogP contribution in [0.15, 0.2) is 0 Å². The van der Waals surface area contributed by atoms with Gasteiger partial charge in [0.1, 0.15) is 0 Å². The fourth-order valence-electron chi connectivity index (χ4n) is 2.39. The number of nitrogens with two attached hydrogens (primary N) is 1. The Kier molecular flexibility index (Phi) is 5.77. The molecule has 0 aromatic carbocycles. The molecule has 0 heterocycles. The van der Waals surface area contributed by atoms with Gasteiger partial charge in [0.05, 0.1) is 0 Å². The molecule has 1 fully saturated rings. The second kappa shape index (κ2) is 6.86. The van der Waals surface area contributed by atoms with Crippen molar-refractivity contribution in [1.29, 1.82) is 0 Å². The molecule has 3 N–H and O–H groups in total. The molecule has 1 aliphatic rings. The Labute approximate surface area is 97.9 Å². The molecule has 0 radical (unpaired) electrons. The van der Waals surface area contributed by atoms with Gasteiger partial charge in [0.2, 0.25) is 5.91 Å². The maximum Gasteiger partial charge on any atom is 0.223 e. The first kappa shape index (κ1) is 13.5. The minimum absolute atomic E-state index is 0.155. The first-order valence-corrected chi connectivity index (χ1v) is 6.17. The molecule has 1 rings (SSSR count). The van der Waals surface area contributed by atoms with Crippen molar-refractivity contribution >= 4 is 5.91 Å². The number of ether oxygens (including phenoxy) is 1. The number of carbonyl (C=O) groups excluding carboxylic acids is 1. The summed E-state index contributed by atoms with van der Waals surface area (Å²) in [5.74, 6) is 0.754. The molecule has 1 aliphatic carbocycles. The van der Waals surface area contributed by atoms with Gasteiger partial charge in [0, 0.05) is 32.2 Å². The van der Waals surface area contributed by atoms with Crippen LogP contribution in [0, 0.1) is 11.8 Å². The lowest BCUT2D eigenvalue weighted by molar-refractivity contribution is -0.127. The fraction of sp³-hybridized carbons (Fsp3) is 0.917. The molecule has 0 saturated heterocycles. The highest BCUT2D eigenvalue weighted by Crippen LogP contribution is 2.29. The smallest absolute Gasteiger partial charge is 0.223 e. The molecule has 94 valence electrons. The van der Waals surface area contributed by atoms with Crippen LogP contribution in [0.3, 0.4) is 0 Å². The highest BCUT2D eigenvalue weighted by Gasteiger charge is 2.30. The largest absolute Gasteiger partial charge is 0.385 e. The van der Waals surface area contributed by atoms with Crippen LogP contribution in [0.5, 0.6) is 0 Å². The van der Waals surface area contributed by atoms with Crippen LogP contribution in [0.1, 0.15) is 32.6 Å². The first-order chi connectivity index (χ1) is 7.65. The van der Waals surface area contributed by atoms with Crippen LogP contribution in [-0.4, -0.2) is 32.2 Å². The van der Waals surface area contributed by atoms with Crippen LogP contribution >= 0.6 is 0 Å². The van der Waals surface area contributed by atoms with Crippen molar-refractivity contribution in [3.05, 3.63) is 0 Å². The number of amides is 1. The molecule has 1 amide bonds. The lowest BCUT2D eigenvalue weighted by Gasteiger charge is -2.31. The summed E-state index contributed by atoms with van der Waals surface area (Å²) in [5.41, 5.74) is 5.88. The maximum absolute atomic E-state index is 11.9. The molecule has 0 aromatic rings. The fourth-order valence-corrected chi connectivity index (χ4v) is 2.39. The van der Waals surface area contributed by atoms with Gasteiger partial charge in [-0.1, -0.05) is 6.92 Å². The lowest BCUT2D eigenvalue weighted by Crippen LogP contribution is -2.41. The molecule has 4 nitrogen and oxygen atoms in total. The molecule has 0 aromatic heterocycles. The second-order valence-corrected chi connectivity index (χ2v) is 4.79. The van der Waals surface area contributed by atoms with Crippen molar-refractivity contribution in [2.45, 2.75) is 38.6 Å². The quantitative estimate of drug-likeness (QED) is 0.687. The predicted octanol–water partition coefficient (Wildman–Crippen LogP) is 0.903. The highest BCUT2D eigenvalue weighted by molar-refractivity contribution is 5.79. The van der Waals surface area contributed by atoms with Crippen LogP contribution in [0.4, 0.5) is 0 Å². The van der Waals surface area contributed by atoms with Crippen LogP contribution in [-0.2, 0) is 9.53 Å². The van der Waals surface area contributed by atoms with Gasteiger partial charge < -0.3 is 15.8 Å². The van der Waals surface area contributed by atoms with Crippen molar-refractivity contribution in [3.63, 3.8) is 0 Å². The lowest BCUT2D eigenvalue weighted by atomic mass is 9.78. The van der Waals surface area contributed by atoms with Gasteiger partial charge in [-0.2, -0.15) is 0 Å². The van der Waals surface area contributed by atoms with Gasteiger partial charge in [0.15, 0.2) is 0 Å². The van der Waals surface area contributed by atoms with Crippen molar-refractivity contribution in [2.75, 3.05) is 20.3 Å². The summed E-state index contributed by atoms with van der Waals surface area (Å²) in [6.07, 6.45) is 3.75. The molecular weight excluding hydrogens is 204 g/mol. The highest BCUT2D eigenvalue weighted by atomic mass is 16.5. The first-order valence-electron chi connectivity index (χ1n) is 6.17. The average Bonchev–Trinajstić information content (AvgIpc) is 2.24. The third-order valence-electron chi connectivity index (χ3n) is 3.37. The number of methoxy groups -OCH3 is 1. The summed E-state index contributed by atoms with van der Waals surface area (Å²) in [4.78, 5) is 11.9. The van der Waals surface area contributed by atoms with Gasteiger partial charge in [-0.3, -0.25) is 4.79 Å². The molecular formula is C12H24N2O2. The second-order valence-electron chi connectivity index (χ2n) is 4.79. The zero-order valence-corrected chi connectivity index (χ0v) is 10.4. The Bertz CT molecular complexity index is 221. The van der Waals surface area contributed by atoms with Gasteiger partial charge in [-0.25, -0.2) is 0 Å². The third-order valence-corrected chi connectivity index (χ3v) is 3.37. The van der Waals surface area contributed by atoms with E-state index in [-0.39, 0.29) is 17.9 Å². The summed E-state index contributed by atoms with van der Waals surface area (Å²) < 4.78 is 4.94. The van der Waals surface area contributed by atoms with Crippen LogP contribution < -0.4 is 11.1 Å². The van der Waals surface area contributed by atoms with E-state index >= 15 is 0 Å². The molecule has 1 saturated carbocycles. The number of nitrogens with one attached hydrogen (secondary N) is 1. The zero-order valence-electron chi connectivity index (χ0n) is 10.4. The molecule has 0 bridgehead atoms. The van der Waals surface area contributed by atoms with Crippen LogP contribution in [0.25, 0.3) is 0 Å². The topological polar surface area (TPSA) is 64.3 Å². The van der Waals surface area contributed by atoms with E-state index in [1.165, 1.54) is 0 Å². The molecule has 0 spiro atoms. The number of rotatable bonds is 5. The van der Waals surface area contributed by atoms with E-state index in [2.05, 4.69) is 12.2 Å².